The van der Waals surface area contributed by atoms with E-state index in [1.807, 2.05) is 12.1 Å². The number of aryl methyl sites for hydroxylation is 1. The second-order valence-electron chi connectivity index (χ2n) is 9.14. The molecule has 0 bridgehead atoms. The van der Waals surface area contributed by atoms with Gasteiger partial charge in [0.05, 0.1) is 16.2 Å². The largest absolute Gasteiger partial charge is 0.481 e. The molecule has 0 fully saturated rings. The van der Waals surface area contributed by atoms with Crippen molar-refractivity contribution >= 4 is 50.7 Å². The third kappa shape index (κ3) is 4.23. The fraction of sp³-hybridized carbons (Fsp3) is 0.222. The van der Waals surface area contributed by atoms with Gasteiger partial charge in [0, 0.05) is 41.2 Å². The van der Waals surface area contributed by atoms with Crippen LogP contribution in [0, 0.1) is 6.92 Å². The van der Waals surface area contributed by atoms with Crippen LogP contribution in [0.4, 0.5) is 11.4 Å². The molecule has 190 valence electrons. The molecule has 2 aliphatic rings. The predicted octanol–water partition coefficient (Wildman–Crippen LogP) is 3.79. The van der Waals surface area contributed by atoms with E-state index in [4.69, 9.17) is 0 Å². The Bertz CT molecular complexity index is 1620. The highest BCUT2D eigenvalue weighted by Crippen LogP contribution is 2.38. The first kappa shape index (κ1) is 24.5. The first-order valence-corrected chi connectivity index (χ1v) is 13.2. The number of aliphatic carboxylic acids is 1. The van der Waals surface area contributed by atoms with Crippen molar-refractivity contribution < 1.29 is 27.9 Å². The number of nitrogens with zero attached hydrogens (tertiary/aromatic N) is 1. The summed E-state index contributed by atoms with van der Waals surface area (Å²) in [6.07, 6.45) is 2.09. The van der Waals surface area contributed by atoms with E-state index in [1.165, 1.54) is 23.4 Å². The van der Waals surface area contributed by atoms with Gasteiger partial charge < -0.3 is 15.4 Å². The predicted molar refractivity (Wildman–Crippen MR) is 139 cm³/mol. The summed E-state index contributed by atoms with van der Waals surface area (Å²) in [4.78, 5) is 39.6. The average Bonchev–Trinajstić information content (AvgIpc) is 3.51. The van der Waals surface area contributed by atoms with Crippen molar-refractivity contribution in [2.75, 3.05) is 16.2 Å². The molecule has 9 nitrogen and oxygen atoms in total. The smallest absolute Gasteiger partial charge is 0.303 e. The number of H-pyrrole nitrogens is 1. The third-order valence-electron chi connectivity index (χ3n) is 6.76. The Morgan fingerprint density at radius 2 is 1.92 bits per heavy atom. The summed E-state index contributed by atoms with van der Waals surface area (Å²) in [5.74, 6) is -1.64. The van der Waals surface area contributed by atoms with Crippen LogP contribution in [0.25, 0.3) is 11.6 Å². The van der Waals surface area contributed by atoms with Crippen LogP contribution >= 0.6 is 0 Å². The highest BCUT2D eigenvalue weighted by atomic mass is 32.2. The molecule has 1 amide bonds. The molecule has 2 aromatic carbocycles. The Balaban J connectivity index is 1.58. The van der Waals surface area contributed by atoms with Crippen LogP contribution in [0.3, 0.4) is 0 Å². The minimum Gasteiger partial charge on any atom is -0.481 e. The number of benzene rings is 2. The SMILES string of the molecule is CC(=O)c1c(C)[nH]c(/C=C2\C(=O)Nc3ccc(S(=O)(=O)N4CCc5ccccc54)cc32)c1CCC(=O)O. The van der Waals surface area contributed by atoms with Crippen molar-refractivity contribution in [3.8, 4) is 0 Å². The van der Waals surface area contributed by atoms with E-state index in [1.54, 1.807) is 31.2 Å². The quantitative estimate of drug-likeness (QED) is 0.321. The fourth-order valence-corrected chi connectivity index (χ4v) is 6.62. The number of carbonyl (C=O) groups excluding carboxylic acids is 2. The van der Waals surface area contributed by atoms with Crippen LogP contribution < -0.4 is 9.62 Å². The number of carboxylic acid groups (broad SMARTS) is 1. The Morgan fingerprint density at radius 1 is 1.16 bits per heavy atom. The summed E-state index contributed by atoms with van der Waals surface area (Å²) in [5.41, 5.74) is 4.65. The van der Waals surface area contributed by atoms with Crippen molar-refractivity contribution in [2.24, 2.45) is 0 Å². The summed E-state index contributed by atoms with van der Waals surface area (Å²) >= 11 is 0. The molecule has 0 aliphatic carbocycles. The van der Waals surface area contributed by atoms with Gasteiger partial charge in [0.25, 0.3) is 15.9 Å². The van der Waals surface area contributed by atoms with Crippen molar-refractivity contribution in [1.82, 2.24) is 4.98 Å². The highest BCUT2D eigenvalue weighted by molar-refractivity contribution is 7.92. The van der Waals surface area contributed by atoms with Crippen LogP contribution in [0.15, 0.2) is 47.4 Å². The Morgan fingerprint density at radius 3 is 2.65 bits per heavy atom. The summed E-state index contributed by atoms with van der Waals surface area (Å²) < 4.78 is 28.5. The van der Waals surface area contributed by atoms with Gasteiger partial charge in [0.15, 0.2) is 5.78 Å². The summed E-state index contributed by atoms with van der Waals surface area (Å²) in [5, 5.41) is 11.9. The molecule has 3 heterocycles. The number of para-hydroxylation sites is 1. The molecule has 0 saturated heterocycles. The molecule has 0 saturated carbocycles. The molecule has 0 unspecified atom stereocenters. The summed E-state index contributed by atoms with van der Waals surface area (Å²) in [6.45, 7) is 3.45. The lowest BCUT2D eigenvalue weighted by atomic mass is 9.98. The molecular weight excluding hydrogens is 494 g/mol. The number of anilines is 2. The monoisotopic (exact) mass is 519 g/mol. The molecule has 2 aliphatic heterocycles. The van der Waals surface area contributed by atoms with Crippen molar-refractivity contribution in [2.45, 2.75) is 38.0 Å². The molecule has 0 atom stereocenters. The van der Waals surface area contributed by atoms with Gasteiger partial charge >= 0.3 is 5.97 Å². The van der Waals surface area contributed by atoms with E-state index >= 15 is 0 Å². The number of rotatable bonds is 7. The lowest BCUT2D eigenvalue weighted by Crippen LogP contribution is -2.29. The van der Waals surface area contributed by atoms with E-state index < -0.39 is 21.9 Å². The minimum atomic E-state index is -3.88. The number of carboxylic acids is 1. The number of ketones is 1. The standard InChI is InChI=1S/C27H25N3O6S/c1-15-26(16(2)31)19(8-10-25(32)33)23(28-15)14-21-20-13-18(7-9-22(20)29-27(21)34)37(35,36)30-12-11-17-5-3-4-6-24(17)30/h3-7,9,13-14,28H,8,10-12H2,1-2H3,(H,29,34)(H,32,33)/b21-14-. The van der Waals surface area contributed by atoms with Crippen molar-refractivity contribution in [3.63, 3.8) is 0 Å². The van der Waals surface area contributed by atoms with Gasteiger partial charge in [-0.25, -0.2) is 8.42 Å². The number of aromatic amines is 1. The van der Waals surface area contributed by atoms with Gasteiger partial charge in [-0.3, -0.25) is 18.7 Å². The number of hydrogen-bond donors (Lipinski definition) is 3. The second-order valence-corrected chi connectivity index (χ2v) is 11.0. The number of sulfonamides is 1. The van der Waals surface area contributed by atoms with Gasteiger partial charge in [0.1, 0.15) is 0 Å². The average molecular weight is 520 g/mol. The first-order chi connectivity index (χ1) is 17.6. The maximum atomic E-state index is 13.6. The number of nitrogens with one attached hydrogen (secondary N) is 2. The number of aromatic nitrogens is 1. The first-order valence-electron chi connectivity index (χ1n) is 11.8. The van der Waals surface area contributed by atoms with Gasteiger partial charge in [0.2, 0.25) is 0 Å². The summed E-state index contributed by atoms with van der Waals surface area (Å²) in [6, 6.07) is 11.9. The van der Waals surface area contributed by atoms with E-state index in [-0.39, 0.29) is 29.1 Å². The van der Waals surface area contributed by atoms with Crippen LogP contribution in [0.2, 0.25) is 0 Å². The van der Waals surface area contributed by atoms with E-state index in [0.29, 0.717) is 52.4 Å². The highest BCUT2D eigenvalue weighted by Gasteiger charge is 2.33. The molecule has 10 heteroatoms. The maximum Gasteiger partial charge on any atom is 0.303 e. The molecule has 37 heavy (non-hydrogen) atoms. The van der Waals surface area contributed by atoms with Gasteiger partial charge in [-0.1, -0.05) is 18.2 Å². The lowest BCUT2D eigenvalue weighted by molar-refractivity contribution is -0.137. The molecular formula is C27H25N3O6S. The molecule has 1 aromatic heterocycles. The second kappa shape index (κ2) is 9.04. The third-order valence-corrected chi connectivity index (χ3v) is 8.57. The molecule has 3 aromatic rings. The zero-order valence-electron chi connectivity index (χ0n) is 20.3. The summed E-state index contributed by atoms with van der Waals surface area (Å²) in [7, 11) is -3.88. The number of fused-ring (bicyclic) bond motifs is 2. The van der Waals surface area contributed by atoms with Gasteiger partial charge in [-0.2, -0.15) is 0 Å². The molecule has 5 rings (SSSR count). The molecule has 3 N–H and O–H groups in total. The molecule has 0 radical (unpaired) electrons. The fourth-order valence-electron chi connectivity index (χ4n) is 5.09. The van der Waals surface area contributed by atoms with Crippen molar-refractivity contribution in [3.05, 3.63) is 76.1 Å². The van der Waals surface area contributed by atoms with Crippen LogP contribution in [-0.4, -0.2) is 42.7 Å². The lowest BCUT2D eigenvalue weighted by Gasteiger charge is -2.20. The number of amides is 1. The van der Waals surface area contributed by atoms with E-state index in [0.717, 1.165) is 5.56 Å². The van der Waals surface area contributed by atoms with E-state index in [9.17, 15) is 27.9 Å². The van der Waals surface area contributed by atoms with Crippen molar-refractivity contribution in [1.29, 1.82) is 0 Å². The molecule has 0 spiro atoms. The zero-order chi connectivity index (χ0) is 26.5. The van der Waals surface area contributed by atoms with Gasteiger partial charge in [-0.15, -0.1) is 0 Å². The number of Topliss-reactive ketones (excluding diaryl/α,β-unsaturated/α-hetero) is 1. The van der Waals surface area contributed by atoms with E-state index in [2.05, 4.69) is 10.3 Å². The number of carbonyl (C=O) groups is 3. The maximum absolute atomic E-state index is 13.6. The normalized spacial score (nSPS) is 15.6. The van der Waals surface area contributed by atoms with Crippen LogP contribution in [-0.2, 0) is 32.5 Å². The zero-order valence-corrected chi connectivity index (χ0v) is 21.1. The van der Waals surface area contributed by atoms with Gasteiger partial charge in [-0.05, 0) is 68.2 Å². The van der Waals surface area contributed by atoms with Crippen LogP contribution in [0.1, 0.15) is 51.8 Å². The van der Waals surface area contributed by atoms with Crippen LogP contribution in [0.5, 0.6) is 0 Å². The minimum absolute atomic E-state index is 0.0588. The Kier molecular flexibility index (Phi) is 5.99. The number of hydrogen-bond acceptors (Lipinski definition) is 5. The Labute approximate surface area is 213 Å². The Hall–Kier alpha value is -4.18. The topological polar surface area (TPSA) is 137 Å².